The predicted octanol–water partition coefficient (Wildman–Crippen LogP) is 4.81. The predicted molar refractivity (Wildman–Crippen MR) is 111 cm³/mol. The molecule has 0 aliphatic heterocycles. The van der Waals surface area contributed by atoms with Gasteiger partial charge in [-0.1, -0.05) is 38.1 Å². The number of benzene rings is 1. The lowest BCUT2D eigenvalue weighted by Gasteiger charge is -2.63. The standard InChI is InChI=1S/C25H33NO2/c1-17(27)19-4-6-20(7-5-19)22-9-8-21(28-22)13-26-25-12-18-10-23(2,15-25)14-24(3,11-18)16-25/h4-9,17-18,26-27H,10-16H2,1-3H3/p+1/t17-,18?,23-,24+,25?/m1/s1. The summed E-state index contributed by atoms with van der Waals surface area (Å²) in [6, 6.07) is 12.3. The first-order valence-corrected chi connectivity index (χ1v) is 11.0. The van der Waals surface area contributed by atoms with Crippen LogP contribution >= 0.6 is 0 Å². The number of quaternary nitrogens is 1. The molecule has 1 aromatic carbocycles. The van der Waals surface area contributed by atoms with Gasteiger partial charge in [-0.3, -0.25) is 0 Å². The van der Waals surface area contributed by atoms with Gasteiger partial charge in [0.05, 0.1) is 11.6 Å². The van der Waals surface area contributed by atoms with Crippen LogP contribution in [0.25, 0.3) is 11.3 Å². The average molecular weight is 381 g/mol. The fourth-order valence-corrected chi connectivity index (χ4v) is 7.65. The molecule has 5 atom stereocenters. The van der Waals surface area contributed by atoms with Gasteiger partial charge in [0.2, 0.25) is 0 Å². The van der Waals surface area contributed by atoms with Crippen LogP contribution in [0.1, 0.15) is 76.7 Å². The molecule has 4 saturated carbocycles. The Labute approximate surface area is 168 Å². The van der Waals surface area contributed by atoms with Crippen molar-refractivity contribution in [1.82, 2.24) is 0 Å². The molecule has 0 amide bonds. The van der Waals surface area contributed by atoms with Gasteiger partial charge in [-0.2, -0.15) is 0 Å². The van der Waals surface area contributed by atoms with Crippen molar-refractivity contribution in [2.24, 2.45) is 16.7 Å². The summed E-state index contributed by atoms with van der Waals surface area (Å²) in [5.74, 6) is 2.92. The summed E-state index contributed by atoms with van der Waals surface area (Å²) in [5, 5.41) is 12.3. The van der Waals surface area contributed by atoms with Crippen molar-refractivity contribution in [3.63, 3.8) is 0 Å². The lowest BCUT2D eigenvalue weighted by atomic mass is 9.43. The van der Waals surface area contributed by atoms with Crippen molar-refractivity contribution < 1.29 is 14.8 Å². The molecule has 1 aromatic heterocycles. The maximum Gasteiger partial charge on any atom is 0.158 e. The summed E-state index contributed by atoms with van der Waals surface area (Å²) in [6.45, 7) is 7.81. The minimum atomic E-state index is -0.431. The van der Waals surface area contributed by atoms with Crippen molar-refractivity contribution in [2.75, 3.05) is 0 Å². The Hall–Kier alpha value is -1.58. The number of aliphatic hydroxyl groups is 1. The molecule has 4 aliphatic carbocycles. The number of furan rings is 1. The lowest BCUT2D eigenvalue weighted by Crippen LogP contribution is -2.98. The molecule has 150 valence electrons. The van der Waals surface area contributed by atoms with E-state index in [1.807, 2.05) is 24.3 Å². The van der Waals surface area contributed by atoms with E-state index in [9.17, 15) is 5.11 Å². The smallest absolute Gasteiger partial charge is 0.158 e. The third-order valence-electron chi connectivity index (χ3n) is 7.74. The van der Waals surface area contributed by atoms with Crippen molar-refractivity contribution >= 4 is 0 Å². The normalized spacial score (nSPS) is 37.4. The highest BCUT2D eigenvalue weighted by Gasteiger charge is 2.62. The Morgan fingerprint density at radius 1 is 1.00 bits per heavy atom. The first-order chi connectivity index (χ1) is 13.3. The molecule has 0 radical (unpaired) electrons. The molecule has 1 heterocycles. The Kier molecular flexibility index (Phi) is 4.09. The van der Waals surface area contributed by atoms with Gasteiger partial charge < -0.3 is 14.8 Å². The SMILES string of the molecule is C[C@@H](O)c1ccc(-c2ccc(C[NH2+]C34CC5C[C@@](C)(C3)C[C@](C)(C5)C4)o2)cc1. The number of rotatable bonds is 5. The minimum Gasteiger partial charge on any atom is -0.455 e. The number of hydrogen-bond acceptors (Lipinski definition) is 2. The Morgan fingerprint density at radius 2 is 1.68 bits per heavy atom. The van der Waals surface area contributed by atoms with E-state index >= 15 is 0 Å². The van der Waals surface area contributed by atoms with Crippen LogP contribution in [0.4, 0.5) is 0 Å². The number of aliphatic hydroxyl groups excluding tert-OH is 1. The van der Waals surface area contributed by atoms with Crippen LogP contribution in [-0.4, -0.2) is 10.6 Å². The van der Waals surface area contributed by atoms with E-state index in [2.05, 4.69) is 31.3 Å². The summed E-state index contributed by atoms with van der Waals surface area (Å²) < 4.78 is 6.19. The molecule has 3 heteroatoms. The van der Waals surface area contributed by atoms with E-state index in [0.717, 1.165) is 35.1 Å². The molecule has 3 N–H and O–H groups in total. The number of hydrogen-bond donors (Lipinski definition) is 2. The van der Waals surface area contributed by atoms with Crippen molar-refractivity contribution in [1.29, 1.82) is 0 Å². The van der Waals surface area contributed by atoms with E-state index in [1.54, 1.807) is 6.92 Å². The summed E-state index contributed by atoms with van der Waals surface area (Å²) >= 11 is 0. The van der Waals surface area contributed by atoms with E-state index in [4.69, 9.17) is 4.42 Å². The Morgan fingerprint density at radius 3 is 2.29 bits per heavy atom. The quantitative estimate of drug-likeness (QED) is 0.782. The first kappa shape index (κ1) is 18.4. The molecule has 4 bridgehead atoms. The van der Waals surface area contributed by atoms with Gasteiger partial charge in [-0.15, -0.1) is 0 Å². The Bertz CT molecular complexity index is 847. The average Bonchev–Trinajstić information content (AvgIpc) is 3.06. The summed E-state index contributed by atoms with van der Waals surface area (Å²) in [6.07, 6.45) is 8.05. The van der Waals surface area contributed by atoms with Crippen molar-refractivity contribution in [3.8, 4) is 11.3 Å². The molecule has 28 heavy (non-hydrogen) atoms. The molecule has 6 rings (SSSR count). The second-order valence-corrected chi connectivity index (χ2v) is 11.0. The molecule has 4 fully saturated rings. The van der Waals surface area contributed by atoms with Gasteiger partial charge in [0.15, 0.2) is 5.76 Å². The lowest BCUT2D eigenvalue weighted by molar-refractivity contribution is -0.757. The monoisotopic (exact) mass is 380 g/mol. The van der Waals surface area contributed by atoms with E-state index < -0.39 is 6.10 Å². The molecule has 2 aromatic rings. The molecule has 2 unspecified atom stereocenters. The number of nitrogens with two attached hydrogens (primary N) is 1. The third kappa shape index (κ3) is 3.23. The highest BCUT2D eigenvalue weighted by atomic mass is 16.3. The van der Waals surface area contributed by atoms with Gasteiger partial charge >= 0.3 is 0 Å². The third-order valence-corrected chi connectivity index (χ3v) is 7.74. The molecule has 3 nitrogen and oxygen atoms in total. The van der Waals surface area contributed by atoms with Crippen LogP contribution in [0.15, 0.2) is 40.8 Å². The van der Waals surface area contributed by atoms with E-state index in [1.165, 1.54) is 38.5 Å². The zero-order valence-corrected chi connectivity index (χ0v) is 17.5. The topological polar surface area (TPSA) is 50.0 Å². The zero-order valence-electron chi connectivity index (χ0n) is 17.5. The van der Waals surface area contributed by atoms with Crippen LogP contribution in [0.5, 0.6) is 0 Å². The maximum absolute atomic E-state index is 9.68. The van der Waals surface area contributed by atoms with Gasteiger partial charge in [0.25, 0.3) is 0 Å². The van der Waals surface area contributed by atoms with E-state index in [-0.39, 0.29) is 0 Å². The van der Waals surface area contributed by atoms with Crippen LogP contribution in [-0.2, 0) is 6.54 Å². The summed E-state index contributed by atoms with van der Waals surface area (Å²) in [7, 11) is 0. The minimum absolute atomic E-state index is 0.425. The zero-order chi connectivity index (χ0) is 19.6. The molecular formula is C25H34NO2+. The van der Waals surface area contributed by atoms with Crippen molar-refractivity contribution in [3.05, 3.63) is 47.7 Å². The van der Waals surface area contributed by atoms with Crippen molar-refractivity contribution in [2.45, 2.75) is 77.5 Å². The maximum atomic E-state index is 9.68. The second kappa shape index (κ2) is 6.21. The van der Waals surface area contributed by atoms with Crippen LogP contribution in [0, 0.1) is 16.7 Å². The van der Waals surface area contributed by atoms with Gasteiger partial charge in [0, 0.05) is 24.8 Å². The van der Waals surface area contributed by atoms with Gasteiger partial charge in [-0.25, -0.2) is 0 Å². The van der Waals surface area contributed by atoms with Gasteiger partial charge in [0.1, 0.15) is 12.3 Å². The molecular weight excluding hydrogens is 346 g/mol. The Balaban J connectivity index is 1.29. The highest BCUT2D eigenvalue weighted by Crippen LogP contribution is 2.65. The fourth-order valence-electron chi connectivity index (χ4n) is 7.65. The summed E-state index contributed by atoms with van der Waals surface area (Å²) in [4.78, 5) is 0. The molecule has 0 spiro atoms. The van der Waals surface area contributed by atoms with Crippen LogP contribution in [0.2, 0.25) is 0 Å². The summed E-state index contributed by atoms with van der Waals surface area (Å²) in [5.41, 5.74) is 3.56. The largest absolute Gasteiger partial charge is 0.455 e. The highest BCUT2D eigenvalue weighted by molar-refractivity contribution is 5.58. The first-order valence-electron chi connectivity index (χ1n) is 11.0. The molecule has 4 aliphatic rings. The second-order valence-electron chi connectivity index (χ2n) is 11.0. The van der Waals surface area contributed by atoms with Gasteiger partial charge in [-0.05, 0) is 60.6 Å². The van der Waals surface area contributed by atoms with E-state index in [0.29, 0.717) is 16.4 Å². The fraction of sp³-hybridized carbons (Fsp3) is 0.600. The molecule has 0 saturated heterocycles. The van der Waals surface area contributed by atoms with Crippen LogP contribution < -0.4 is 5.32 Å². The van der Waals surface area contributed by atoms with Crippen LogP contribution in [0.3, 0.4) is 0 Å².